The quantitative estimate of drug-likeness (QED) is 0.733. The van der Waals surface area contributed by atoms with Crippen molar-refractivity contribution in [1.82, 2.24) is 15.0 Å². The molecule has 1 N–H and O–H groups in total. The summed E-state index contributed by atoms with van der Waals surface area (Å²) in [6.45, 7) is 5.52. The van der Waals surface area contributed by atoms with Crippen LogP contribution < -0.4 is 19.9 Å². The van der Waals surface area contributed by atoms with Gasteiger partial charge < -0.3 is 19.9 Å². The molecule has 0 radical (unpaired) electrons. The van der Waals surface area contributed by atoms with Gasteiger partial charge in [0, 0.05) is 49.8 Å². The summed E-state index contributed by atoms with van der Waals surface area (Å²) in [6, 6.07) is 15.8. The Hall–Kier alpha value is -3.35. The van der Waals surface area contributed by atoms with Crippen LogP contribution in [-0.4, -0.2) is 48.2 Å². The van der Waals surface area contributed by atoms with E-state index in [1.165, 1.54) is 0 Å². The van der Waals surface area contributed by atoms with Gasteiger partial charge in [-0.2, -0.15) is 4.98 Å². The Balaban J connectivity index is 1.45. The van der Waals surface area contributed by atoms with Gasteiger partial charge in [0.1, 0.15) is 17.4 Å². The summed E-state index contributed by atoms with van der Waals surface area (Å²) >= 11 is 0. The zero-order valence-electron chi connectivity index (χ0n) is 16.2. The number of nitrogens with zero attached hydrogens (tertiary/aromatic N) is 5. The van der Waals surface area contributed by atoms with Crippen molar-refractivity contribution >= 4 is 23.3 Å². The summed E-state index contributed by atoms with van der Waals surface area (Å²) in [7, 11) is 1.66. The summed E-state index contributed by atoms with van der Waals surface area (Å²) in [5.41, 5.74) is 1.90. The second-order valence-corrected chi connectivity index (χ2v) is 6.71. The lowest BCUT2D eigenvalue weighted by Gasteiger charge is -2.35. The molecule has 7 nitrogen and oxygen atoms in total. The fourth-order valence-corrected chi connectivity index (χ4v) is 3.26. The number of aryl methyl sites for hydroxylation is 1. The van der Waals surface area contributed by atoms with Crippen LogP contribution >= 0.6 is 0 Å². The number of anilines is 4. The van der Waals surface area contributed by atoms with Crippen LogP contribution in [0.2, 0.25) is 0 Å². The largest absolute Gasteiger partial charge is 0.497 e. The maximum Gasteiger partial charge on any atom is 0.227 e. The topological polar surface area (TPSA) is 66.4 Å². The standard InChI is InChI=1S/C21H24N6O/c1-16-15-19(24-17-6-8-18(28-2)9-7-17)25-21(23-16)27-13-11-26(12-14-27)20-5-3-4-10-22-20/h3-10,15H,11-14H2,1-2H3,(H,23,24,25). The highest BCUT2D eigenvalue weighted by Crippen LogP contribution is 2.22. The van der Waals surface area contributed by atoms with Crippen LogP contribution in [0, 0.1) is 6.92 Å². The molecule has 0 saturated carbocycles. The van der Waals surface area contributed by atoms with Crippen LogP contribution in [-0.2, 0) is 0 Å². The molecule has 1 aliphatic heterocycles. The second kappa shape index (κ2) is 8.12. The number of pyridine rings is 1. The molecule has 4 rings (SSSR count). The number of aromatic nitrogens is 3. The average Bonchev–Trinajstić information content (AvgIpc) is 2.75. The van der Waals surface area contributed by atoms with Gasteiger partial charge in [0.2, 0.25) is 5.95 Å². The first-order valence-corrected chi connectivity index (χ1v) is 9.39. The summed E-state index contributed by atoms with van der Waals surface area (Å²) in [5, 5.41) is 3.36. The lowest BCUT2D eigenvalue weighted by Crippen LogP contribution is -2.47. The van der Waals surface area contributed by atoms with E-state index in [9.17, 15) is 0 Å². The molecule has 2 aromatic heterocycles. The van der Waals surface area contributed by atoms with Crippen molar-refractivity contribution in [3.05, 3.63) is 60.4 Å². The zero-order chi connectivity index (χ0) is 19.3. The Bertz CT molecular complexity index is 908. The Morgan fingerprint density at radius 1 is 0.929 bits per heavy atom. The van der Waals surface area contributed by atoms with Gasteiger partial charge in [0.15, 0.2) is 0 Å². The Labute approximate surface area is 165 Å². The van der Waals surface area contributed by atoms with E-state index in [1.807, 2.05) is 55.6 Å². The maximum absolute atomic E-state index is 5.21. The smallest absolute Gasteiger partial charge is 0.227 e. The highest BCUT2D eigenvalue weighted by atomic mass is 16.5. The maximum atomic E-state index is 5.21. The van der Waals surface area contributed by atoms with Gasteiger partial charge in [-0.25, -0.2) is 9.97 Å². The summed E-state index contributed by atoms with van der Waals surface area (Å²) in [5.74, 6) is 3.40. The van der Waals surface area contributed by atoms with Crippen molar-refractivity contribution in [2.45, 2.75) is 6.92 Å². The fourth-order valence-electron chi connectivity index (χ4n) is 3.26. The molecule has 0 amide bonds. The molecule has 0 unspecified atom stereocenters. The van der Waals surface area contributed by atoms with Crippen molar-refractivity contribution in [3.8, 4) is 5.75 Å². The Morgan fingerprint density at radius 2 is 1.68 bits per heavy atom. The van der Waals surface area contributed by atoms with E-state index in [1.54, 1.807) is 7.11 Å². The lowest BCUT2D eigenvalue weighted by atomic mass is 10.3. The molecule has 0 aliphatic carbocycles. The number of nitrogens with one attached hydrogen (secondary N) is 1. The van der Waals surface area contributed by atoms with Crippen LogP contribution in [0.15, 0.2) is 54.7 Å². The SMILES string of the molecule is COc1ccc(Nc2cc(C)nc(N3CCN(c4ccccn4)CC3)n2)cc1. The van der Waals surface area contributed by atoms with E-state index in [0.717, 1.165) is 60.9 Å². The van der Waals surface area contributed by atoms with Gasteiger partial charge in [-0.05, 0) is 43.3 Å². The van der Waals surface area contributed by atoms with Gasteiger partial charge in [-0.3, -0.25) is 0 Å². The number of hydrogen-bond donors (Lipinski definition) is 1. The minimum atomic E-state index is 0.761. The third-order valence-corrected chi connectivity index (χ3v) is 4.74. The molecule has 0 atom stereocenters. The average molecular weight is 376 g/mol. The van der Waals surface area contributed by atoms with E-state index in [4.69, 9.17) is 9.72 Å². The minimum Gasteiger partial charge on any atom is -0.497 e. The zero-order valence-corrected chi connectivity index (χ0v) is 16.2. The predicted octanol–water partition coefficient (Wildman–Crippen LogP) is 3.26. The number of benzene rings is 1. The highest BCUT2D eigenvalue weighted by Gasteiger charge is 2.20. The molecule has 1 saturated heterocycles. The number of rotatable bonds is 5. The van der Waals surface area contributed by atoms with E-state index in [-0.39, 0.29) is 0 Å². The number of ether oxygens (including phenoxy) is 1. The molecule has 0 spiro atoms. The Morgan fingerprint density at radius 3 is 2.36 bits per heavy atom. The molecule has 28 heavy (non-hydrogen) atoms. The third kappa shape index (κ3) is 4.14. The molecule has 1 fully saturated rings. The first-order valence-electron chi connectivity index (χ1n) is 9.39. The third-order valence-electron chi connectivity index (χ3n) is 4.74. The van der Waals surface area contributed by atoms with Crippen molar-refractivity contribution in [1.29, 1.82) is 0 Å². The monoisotopic (exact) mass is 376 g/mol. The van der Waals surface area contributed by atoms with Gasteiger partial charge in [0.25, 0.3) is 0 Å². The molecule has 3 heterocycles. The van der Waals surface area contributed by atoms with E-state index in [0.29, 0.717) is 0 Å². The first kappa shape index (κ1) is 18.0. The number of piperazine rings is 1. The molecular weight excluding hydrogens is 352 g/mol. The van der Waals surface area contributed by atoms with Crippen molar-refractivity contribution in [2.75, 3.05) is 48.4 Å². The second-order valence-electron chi connectivity index (χ2n) is 6.71. The molecule has 144 valence electrons. The summed E-state index contributed by atoms with van der Waals surface area (Å²) in [6.07, 6.45) is 1.84. The van der Waals surface area contributed by atoms with Gasteiger partial charge in [-0.15, -0.1) is 0 Å². The minimum absolute atomic E-state index is 0.761. The molecule has 3 aromatic rings. The van der Waals surface area contributed by atoms with Gasteiger partial charge in [0.05, 0.1) is 7.11 Å². The highest BCUT2D eigenvalue weighted by molar-refractivity contribution is 5.59. The molecule has 0 bridgehead atoms. The summed E-state index contributed by atoms with van der Waals surface area (Å²) < 4.78 is 5.21. The normalized spacial score (nSPS) is 14.1. The number of methoxy groups -OCH3 is 1. The van der Waals surface area contributed by atoms with Crippen molar-refractivity contribution < 1.29 is 4.74 Å². The molecule has 1 aromatic carbocycles. The van der Waals surface area contributed by atoms with Crippen molar-refractivity contribution in [2.24, 2.45) is 0 Å². The number of hydrogen-bond acceptors (Lipinski definition) is 7. The van der Waals surface area contributed by atoms with E-state index >= 15 is 0 Å². The molecule has 7 heteroatoms. The van der Waals surface area contributed by atoms with E-state index < -0.39 is 0 Å². The van der Waals surface area contributed by atoms with Crippen LogP contribution in [0.3, 0.4) is 0 Å². The first-order chi connectivity index (χ1) is 13.7. The lowest BCUT2D eigenvalue weighted by molar-refractivity contribution is 0.415. The Kier molecular flexibility index (Phi) is 5.23. The van der Waals surface area contributed by atoms with Gasteiger partial charge >= 0.3 is 0 Å². The molecule has 1 aliphatic rings. The van der Waals surface area contributed by atoms with Crippen LogP contribution in [0.5, 0.6) is 5.75 Å². The van der Waals surface area contributed by atoms with Gasteiger partial charge in [-0.1, -0.05) is 6.07 Å². The van der Waals surface area contributed by atoms with Crippen molar-refractivity contribution in [3.63, 3.8) is 0 Å². The van der Waals surface area contributed by atoms with Crippen LogP contribution in [0.25, 0.3) is 0 Å². The van der Waals surface area contributed by atoms with E-state index in [2.05, 4.69) is 31.2 Å². The fraction of sp³-hybridized carbons (Fsp3) is 0.286. The molecular formula is C21H24N6O. The van der Waals surface area contributed by atoms with Crippen LogP contribution in [0.1, 0.15) is 5.69 Å². The van der Waals surface area contributed by atoms with Crippen LogP contribution in [0.4, 0.5) is 23.3 Å². The predicted molar refractivity (Wildman–Crippen MR) is 112 cm³/mol. The summed E-state index contributed by atoms with van der Waals surface area (Å²) in [4.78, 5) is 18.3.